The number of rotatable bonds is 2. The maximum absolute atomic E-state index is 4.46. The van der Waals surface area contributed by atoms with Crippen LogP contribution in [0.2, 0.25) is 0 Å². The molecule has 0 spiro atoms. The molecule has 3 aromatic rings. The smallest absolute Gasteiger partial charge is 0.0796 e. The van der Waals surface area contributed by atoms with Gasteiger partial charge in [0.05, 0.1) is 5.69 Å². The van der Waals surface area contributed by atoms with E-state index < -0.39 is 0 Å². The summed E-state index contributed by atoms with van der Waals surface area (Å²) in [6.07, 6.45) is 8.99. The normalized spacial score (nSPS) is 9.68. The number of nitrogens with zero attached hydrogens (tertiary/aromatic N) is 3. The van der Waals surface area contributed by atoms with Gasteiger partial charge in [0.25, 0.3) is 0 Å². The molecule has 0 aliphatic rings. The molecule has 0 N–H and O–H groups in total. The van der Waals surface area contributed by atoms with Crippen molar-refractivity contribution in [1.29, 1.82) is 0 Å². The molecule has 0 unspecified atom stereocenters. The second kappa shape index (κ2) is 6.07. The number of halogens is 1. The maximum Gasteiger partial charge on any atom is 0.0796 e. The lowest BCUT2D eigenvalue weighted by Gasteiger charge is -2.07. The van der Waals surface area contributed by atoms with Crippen molar-refractivity contribution in [3.63, 3.8) is 0 Å². The van der Waals surface area contributed by atoms with Crippen LogP contribution in [0, 0.1) is 0 Å². The van der Waals surface area contributed by atoms with Crippen molar-refractivity contribution in [1.82, 2.24) is 15.0 Å². The summed E-state index contributed by atoms with van der Waals surface area (Å²) in [6, 6.07) is 11.9. The highest BCUT2D eigenvalue weighted by Gasteiger charge is 2.07. The van der Waals surface area contributed by atoms with E-state index in [0.717, 1.165) is 22.4 Å². The Balaban J connectivity index is 0.00000133. The molecule has 3 nitrogen and oxygen atoms in total. The molecule has 0 aliphatic carbocycles. The summed E-state index contributed by atoms with van der Waals surface area (Å²) < 4.78 is 0. The second-order valence-electron chi connectivity index (χ2n) is 3.88. The lowest BCUT2D eigenvalue weighted by Crippen LogP contribution is -1.89. The third-order valence-corrected chi connectivity index (χ3v) is 2.72. The molecule has 0 fully saturated rings. The van der Waals surface area contributed by atoms with E-state index in [2.05, 4.69) is 15.0 Å². The molecule has 0 radical (unpaired) electrons. The van der Waals surface area contributed by atoms with E-state index in [1.54, 1.807) is 18.6 Å². The number of pyridine rings is 3. The molecule has 0 amide bonds. The third-order valence-electron chi connectivity index (χ3n) is 2.72. The Morgan fingerprint density at radius 1 is 0.684 bits per heavy atom. The van der Waals surface area contributed by atoms with Crippen molar-refractivity contribution < 1.29 is 0 Å². The molecule has 0 aromatic carbocycles. The van der Waals surface area contributed by atoms with Crippen molar-refractivity contribution in [2.45, 2.75) is 0 Å². The Morgan fingerprint density at radius 3 is 1.95 bits per heavy atom. The van der Waals surface area contributed by atoms with Crippen LogP contribution in [0.15, 0.2) is 67.4 Å². The van der Waals surface area contributed by atoms with Crippen molar-refractivity contribution in [2.75, 3.05) is 0 Å². The van der Waals surface area contributed by atoms with Crippen molar-refractivity contribution >= 4 is 12.4 Å². The van der Waals surface area contributed by atoms with Gasteiger partial charge in [-0.3, -0.25) is 15.0 Å². The Labute approximate surface area is 117 Å². The summed E-state index contributed by atoms with van der Waals surface area (Å²) in [4.78, 5) is 12.8. The topological polar surface area (TPSA) is 38.7 Å². The largest absolute Gasteiger partial charge is 0.264 e. The second-order valence-corrected chi connectivity index (χ2v) is 3.88. The molecule has 94 valence electrons. The molecular formula is C15H12ClN3. The number of aromatic nitrogens is 3. The maximum atomic E-state index is 4.46. The van der Waals surface area contributed by atoms with Gasteiger partial charge in [0.1, 0.15) is 0 Å². The SMILES string of the molecule is Cl.c1cncc(-c2cccnc2-c2cccnc2)c1. The fraction of sp³-hybridized carbons (Fsp3) is 0. The first kappa shape index (κ1) is 13.2. The highest BCUT2D eigenvalue weighted by Crippen LogP contribution is 2.28. The monoisotopic (exact) mass is 269 g/mol. The summed E-state index contributed by atoms with van der Waals surface area (Å²) in [5.74, 6) is 0. The van der Waals surface area contributed by atoms with Gasteiger partial charge in [-0.25, -0.2) is 0 Å². The highest BCUT2D eigenvalue weighted by molar-refractivity contribution is 5.85. The van der Waals surface area contributed by atoms with Gasteiger partial charge in [-0.05, 0) is 24.3 Å². The van der Waals surface area contributed by atoms with Gasteiger partial charge in [-0.15, -0.1) is 12.4 Å². The van der Waals surface area contributed by atoms with E-state index in [-0.39, 0.29) is 12.4 Å². The summed E-state index contributed by atoms with van der Waals surface area (Å²) in [7, 11) is 0. The average molecular weight is 270 g/mol. The molecule has 3 heterocycles. The Kier molecular flexibility index (Phi) is 4.21. The zero-order valence-corrected chi connectivity index (χ0v) is 10.9. The predicted octanol–water partition coefficient (Wildman–Crippen LogP) is 3.63. The van der Waals surface area contributed by atoms with Crippen LogP contribution in [0.5, 0.6) is 0 Å². The first-order valence-corrected chi connectivity index (χ1v) is 5.71. The van der Waals surface area contributed by atoms with E-state index in [0.29, 0.717) is 0 Å². The minimum absolute atomic E-state index is 0. The van der Waals surface area contributed by atoms with Crippen LogP contribution in [0.4, 0.5) is 0 Å². The standard InChI is InChI=1S/C15H11N3.ClH/c1-4-12(10-16-7-1)14-6-3-9-18-15(14)13-5-2-8-17-11-13;/h1-11H;1H. The van der Waals surface area contributed by atoms with Crippen molar-refractivity contribution in [3.8, 4) is 22.4 Å². The fourth-order valence-corrected chi connectivity index (χ4v) is 1.89. The number of hydrogen-bond acceptors (Lipinski definition) is 3. The fourth-order valence-electron chi connectivity index (χ4n) is 1.89. The molecular weight excluding hydrogens is 258 g/mol. The van der Waals surface area contributed by atoms with Gasteiger partial charge in [0.2, 0.25) is 0 Å². The van der Waals surface area contributed by atoms with Gasteiger partial charge in [-0.1, -0.05) is 12.1 Å². The van der Waals surface area contributed by atoms with E-state index in [9.17, 15) is 0 Å². The van der Waals surface area contributed by atoms with Crippen LogP contribution in [-0.2, 0) is 0 Å². The predicted molar refractivity (Wildman–Crippen MR) is 77.9 cm³/mol. The van der Waals surface area contributed by atoms with Gasteiger partial charge in [0.15, 0.2) is 0 Å². The summed E-state index contributed by atoms with van der Waals surface area (Å²) in [5, 5.41) is 0. The molecule has 0 atom stereocenters. The van der Waals surface area contributed by atoms with Crippen molar-refractivity contribution in [3.05, 3.63) is 67.4 Å². The van der Waals surface area contributed by atoms with Gasteiger partial charge in [0, 0.05) is 47.7 Å². The average Bonchev–Trinajstić information content (AvgIpc) is 2.49. The zero-order valence-electron chi connectivity index (χ0n) is 10.1. The first-order chi connectivity index (χ1) is 8.95. The van der Waals surface area contributed by atoms with Crippen LogP contribution < -0.4 is 0 Å². The lowest BCUT2D eigenvalue weighted by atomic mass is 10.0. The Hall–Kier alpha value is -2.26. The van der Waals surface area contributed by atoms with Crippen LogP contribution in [0.25, 0.3) is 22.4 Å². The van der Waals surface area contributed by atoms with Gasteiger partial charge in [-0.2, -0.15) is 0 Å². The van der Waals surface area contributed by atoms with E-state index in [1.165, 1.54) is 0 Å². The molecule has 3 rings (SSSR count). The summed E-state index contributed by atoms with van der Waals surface area (Å²) >= 11 is 0. The minimum atomic E-state index is 0. The van der Waals surface area contributed by atoms with Gasteiger partial charge < -0.3 is 0 Å². The van der Waals surface area contributed by atoms with E-state index in [1.807, 2.05) is 48.8 Å². The van der Waals surface area contributed by atoms with Crippen molar-refractivity contribution in [2.24, 2.45) is 0 Å². The molecule has 0 aliphatic heterocycles. The molecule has 0 bridgehead atoms. The molecule has 0 saturated heterocycles. The van der Waals surface area contributed by atoms with E-state index in [4.69, 9.17) is 0 Å². The van der Waals surface area contributed by atoms with Crippen LogP contribution in [0.1, 0.15) is 0 Å². The molecule has 0 saturated carbocycles. The molecule has 19 heavy (non-hydrogen) atoms. The summed E-state index contributed by atoms with van der Waals surface area (Å²) in [6.45, 7) is 0. The quantitative estimate of drug-likeness (QED) is 0.713. The third kappa shape index (κ3) is 2.77. The van der Waals surface area contributed by atoms with Crippen LogP contribution >= 0.6 is 12.4 Å². The highest BCUT2D eigenvalue weighted by atomic mass is 35.5. The number of hydrogen-bond donors (Lipinski definition) is 0. The Bertz CT molecular complexity index is 583. The lowest BCUT2D eigenvalue weighted by molar-refractivity contribution is 1.27. The zero-order chi connectivity index (χ0) is 12.2. The molecule has 3 aromatic heterocycles. The summed E-state index contributed by atoms with van der Waals surface area (Å²) in [5.41, 5.74) is 4.07. The minimum Gasteiger partial charge on any atom is -0.264 e. The van der Waals surface area contributed by atoms with Crippen LogP contribution in [-0.4, -0.2) is 15.0 Å². The van der Waals surface area contributed by atoms with Gasteiger partial charge >= 0.3 is 0 Å². The first-order valence-electron chi connectivity index (χ1n) is 5.71. The molecule has 4 heteroatoms. The Morgan fingerprint density at radius 2 is 1.32 bits per heavy atom. The van der Waals surface area contributed by atoms with Crippen LogP contribution in [0.3, 0.4) is 0 Å². The van der Waals surface area contributed by atoms with E-state index >= 15 is 0 Å².